The summed E-state index contributed by atoms with van der Waals surface area (Å²) in [5.74, 6) is -0.447. The minimum Gasteiger partial charge on any atom is -0.486 e. The summed E-state index contributed by atoms with van der Waals surface area (Å²) < 4.78 is 52.0. The predicted molar refractivity (Wildman–Crippen MR) is 161 cm³/mol. The Labute approximate surface area is 251 Å². The highest BCUT2D eigenvalue weighted by molar-refractivity contribution is 7.92. The maximum absolute atomic E-state index is 14.2. The molecule has 0 saturated heterocycles. The number of carbonyl (C=O) groups is 2. The number of benzene rings is 3. The Hall–Kier alpha value is -4.12. The third-order valence-corrected chi connectivity index (χ3v) is 8.87. The van der Waals surface area contributed by atoms with Gasteiger partial charge < -0.3 is 19.7 Å². The lowest BCUT2D eigenvalue weighted by molar-refractivity contribution is -0.140. The van der Waals surface area contributed by atoms with E-state index in [4.69, 9.17) is 9.47 Å². The van der Waals surface area contributed by atoms with Crippen molar-refractivity contribution in [3.8, 4) is 11.5 Å². The molecule has 0 aromatic heterocycles. The van der Waals surface area contributed by atoms with Crippen LogP contribution in [0.4, 0.5) is 10.1 Å². The van der Waals surface area contributed by atoms with E-state index in [2.05, 4.69) is 5.32 Å². The molecule has 1 saturated carbocycles. The quantitative estimate of drug-likeness (QED) is 0.352. The lowest BCUT2D eigenvalue weighted by Crippen LogP contribution is -2.54. The van der Waals surface area contributed by atoms with Crippen LogP contribution in [0.25, 0.3) is 0 Å². The molecule has 0 spiro atoms. The maximum Gasteiger partial charge on any atom is 0.244 e. The largest absolute Gasteiger partial charge is 0.486 e. The van der Waals surface area contributed by atoms with Gasteiger partial charge in [0.05, 0.1) is 11.9 Å². The van der Waals surface area contributed by atoms with Crippen molar-refractivity contribution in [2.24, 2.45) is 0 Å². The van der Waals surface area contributed by atoms with Gasteiger partial charge in [0.25, 0.3) is 0 Å². The van der Waals surface area contributed by atoms with Crippen molar-refractivity contribution in [3.05, 3.63) is 89.7 Å². The monoisotopic (exact) mass is 609 g/mol. The van der Waals surface area contributed by atoms with Crippen molar-refractivity contribution < 1.29 is 31.9 Å². The Morgan fingerprint density at radius 3 is 2.28 bits per heavy atom. The number of ether oxygens (including phenoxy) is 2. The Balaban J connectivity index is 1.50. The first-order valence-electron chi connectivity index (χ1n) is 14.4. The van der Waals surface area contributed by atoms with Gasteiger partial charge in [-0.15, -0.1) is 0 Å². The summed E-state index contributed by atoms with van der Waals surface area (Å²) in [6.45, 7) is 0.122. The van der Waals surface area contributed by atoms with Gasteiger partial charge in [0.2, 0.25) is 21.8 Å². The van der Waals surface area contributed by atoms with E-state index in [1.54, 1.807) is 24.3 Å². The summed E-state index contributed by atoms with van der Waals surface area (Å²) in [7, 11) is -3.94. The minimum absolute atomic E-state index is 0.0128. The average Bonchev–Trinajstić information content (AvgIpc) is 3.51. The molecule has 1 unspecified atom stereocenters. The Morgan fingerprint density at radius 1 is 0.930 bits per heavy atom. The van der Waals surface area contributed by atoms with Crippen LogP contribution < -0.4 is 19.1 Å². The summed E-state index contributed by atoms with van der Waals surface area (Å²) in [4.78, 5) is 29.5. The normalized spacial score (nSPS) is 15.5. The van der Waals surface area contributed by atoms with Gasteiger partial charge in [0.15, 0.2) is 11.5 Å². The van der Waals surface area contributed by atoms with E-state index >= 15 is 0 Å². The summed E-state index contributed by atoms with van der Waals surface area (Å²) in [6.07, 6.45) is 5.00. The number of rotatable bonds is 11. The fourth-order valence-electron chi connectivity index (χ4n) is 5.51. The molecule has 1 aliphatic heterocycles. The second-order valence-corrected chi connectivity index (χ2v) is 12.8. The SMILES string of the molecule is CS(=O)(=O)N(CC(=O)N(Cc1ccc(F)cc1)C(Cc1ccccc1)C(=O)NC1CCCC1)c1ccc2c(c1)OCCO2. The van der Waals surface area contributed by atoms with E-state index in [0.717, 1.165) is 41.8 Å². The average molecular weight is 610 g/mol. The minimum atomic E-state index is -3.94. The molecule has 2 aliphatic rings. The van der Waals surface area contributed by atoms with Crippen molar-refractivity contribution >= 4 is 27.5 Å². The fourth-order valence-corrected chi connectivity index (χ4v) is 6.35. The molecule has 0 bridgehead atoms. The molecule has 1 aliphatic carbocycles. The number of hydrogen-bond acceptors (Lipinski definition) is 6. The van der Waals surface area contributed by atoms with E-state index in [0.29, 0.717) is 30.3 Å². The smallest absolute Gasteiger partial charge is 0.244 e. The van der Waals surface area contributed by atoms with Crippen LogP contribution in [-0.2, 0) is 32.6 Å². The van der Waals surface area contributed by atoms with Crippen LogP contribution in [0.1, 0.15) is 36.8 Å². The van der Waals surface area contributed by atoms with E-state index < -0.39 is 34.3 Å². The molecule has 0 radical (unpaired) electrons. The maximum atomic E-state index is 14.2. The molecule has 1 heterocycles. The fraction of sp³-hybridized carbons (Fsp3) is 0.375. The van der Waals surface area contributed by atoms with Gasteiger partial charge in [-0.1, -0.05) is 55.3 Å². The molecule has 1 N–H and O–H groups in total. The van der Waals surface area contributed by atoms with Gasteiger partial charge in [-0.3, -0.25) is 13.9 Å². The Bertz CT molecular complexity index is 1530. The molecule has 9 nitrogen and oxygen atoms in total. The number of sulfonamides is 1. The topological polar surface area (TPSA) is 105 Å². The zero-order chi connectivity index (χ0) is 30.4. The number of hydrogen-bond donors (Lipinski definition) is 1. The summed E-state index contributed by atoms with van der Waals surface area (Å²) >= 11 is 0. The molecule has 11 heteroatoms. The van der Waals surface area contributed by atoms with E-state index in [1.165, 1.54) is 23.1 Å². The van der Waals surface area contributed by atoms with Crippen LogP contribution in [0.5, 0.6) is 11.5 Å². The number of nitrogens with one attached hydrogen (secondary N) is 1. The van der Waals surface area contributed by atoms with Gasteiger partial charge in [-0.25, -0.2) is 12.8 Å². The first-order chi connectivity index (χ1) is 20.7. The number of halogens is 1. The van der Waals surface area contributed by atoms with Crippen molar-refractivity contribution in [3.63, 3.8) is 0 Å². The lowest BCUT2D eigenvalue weighted by atomic mass is 10.0. The third-order valence-electron chi connectivity index (χ3n) is 7.73. The number of amides is 2. The molecule has 1 fully saturated rings. The molecule has 228 valence electrons. The standard InChI is InChI=1S/C32H36FN3O6S/c1-43(39,40)36(27-15-16-29-30(20-27)42-18-17-41-29)22-31(37)35(21-24-11-13-25(33)14-12-24)28(19-23-7-3-2-4-8-23)32(38)34-26-9-5-6-10-26/h2-4,7-8,11-16,20,26,28H,5-6,9-10,17-19,21-22H2,1H3,(H,34,38). The molecule has 5 rings (SSSR count). The van der Waals surface area contributed by atoms with E-state index in [-0.39, 0.29) is 30.6 Å². The van der Waals surface area contributed by atoms with E-state index in [1.807, 2.05) is 30.3 Å². The molecular formula is C32H36FN3O6S. The van der Waals surface area contributed by atoms with Crippen molar-refractivity contribution in [2.75, 3.05) is 30.3 Å². The Kier molecular flexibility index (Phi) is 9.49. The van der Waals surface area contributed by atoms with Gasteiger partial charge in [0.1, 0.15) is 31.6 Å². The van der Waals surface area contributed by atoms with Crippen LogP contribution in [0.15, 0.2) is 72.8 Å². The lowest BCUT2D eigenvalue weighted by Gasteiger charge is -2.34. The van der Waals surface area contributed by atoms with Crippen LogP contribution in [0.3, 0.4) is 0 Å². The van der Waals surface area contributed by atoms with Gasteiger partial charge in [-0.2, -0.15) is 0 Å². The van der Waals surface area contributed by atoms with Gasteiger partial charge in [-0.05, 0) is 48.2 Å². The summed E-state index contributed by atoms with van der Waals surface area (Å²) in [5.41, 5.74) is 1.68. The van der Waals surface area contributed by atoms with Crippen LogP contribution >= 0.6 is 0 Å². The van der Waals surface area contributed by atoms with Gasteiger partial charge in [0, 0.05) is 25.1 Å². The summed E-state index contributed by atoms with van der Waals surface area (Å²) in [5, 5.41) is 3.12. The number of nitrogens with zero attached hydrogens (tertiary/aromatic N) is 2. The highest BCUT2D eigenvalue weighted by Gasteiger charge is 2.34. The first-order valence-corrected chi connectivity index (χ1v) is 16.3. The number of carbonyl (C=O) groups excluding carboxylic acids is 2. The third kappa shape index (κ3) is 7.84. The van der Waals surface area contributed by atoms with Crippen LogP contribution in [0, 0.1) is 5.82 Å². The van der Waals surface area contributed by atoms with Crippen molar-refractivity contribution in [2.45, 2.75) is 50.7 Å². The van der Waals surface area contributed by atoms with Crippen LogP contribution in [-0.4, -0.2) is 63.2 Å². The molecular weight excluding hydrogens is 573 g/mol. The Morgan fingerprint density at radius 2 is 1.60 bits per heavy atom. The van der Waals surface area contributed by atoms with Gasteiger partial charge >= 0.3 is 0 Å². The second kappa shape index (κ2) is 13.5. The first kappa shape index (κ1) is 30.3. The predicted octanol–water partition coefficient (Wildman–Crippen LogP) is 4.06. The molecule has 2 amide bonds. The van der Waals surface area contributed by atoms with E-state index in [9.17, 15) is 22.4 Å². The van der Waals surface area contributed by atoms with Crippen molar-refractivity contribution in [1.29, 1.82) is 0 Å². The van der Waals surface area contributed by atoms with Crippen LogP contribution in [0.2, 0.25) is 0 Å². The highest BCUT2D eigenvalue weighted by Crippen LogP contribution is 2.35. The zero-order valence-electron chi connectivity index (χ0n) is 24.1. The number of fused-ring (bicyclic) bond motifs is 1. The highest BCUT2D eigenvalue weighted by atomic mass is 32.2. The zero-order valence-corrected chi connectivity index (χ0v) is 24.9. The molecule has 1 atom stereocenters. The number of anilines is 1. The van der Waals surface area contributed by atoms with Crippen molar-refractivity contribution in [1.82, 2.24) is 10.2 Å². The second-order valence-electron chi connectivity index (χ2n) is 10.9. The summed E-state index contributed by atoms with van der Waals surface area (Å²) in [6, 6.07) is 18.8. The molecule has 3 aromatic rings. The molecule has 3 aromatic carbocycles. The molecule has 43 heavy (non-hydrogen) atoms.